The number of rotatable bonds is 4. The average molecular weight is 310 g/mol. The topological polar surface area (TPSA) is 84.1 Å². The van der Waals surface area contributed by atoms with Crippen molar-refractivity contribution >= 4 is 17.4 Å². The molecule has 118 valence electrons. The lowest BCUT2D eigenvalue weighted by atomic mass is 10.0. The predicted octanol–water partition coefficient (Wildman–Crippen LogP) is 1.08. The third-order valence-corrected chi connectivity index (χ3v) is 3.96. The monoisotopic (exact) mass is 310 g/mol. The number of aromatic nitrogens is 6. The average Bonchev–Trinajstić information content (AvgIpc) is 2.92. The molecule has 0 aliphatic carbocycles. The fourth-order valence-corrected chi connectivity index (χ4v) is 2.81. The molecule has 1 fully saturated rings. The third-order valence-electron chi connectivity index (χ3n) is 3.96. The van der Waals surface area contributed by atoms with Crippen LogP contribution in [0.3, 0.4) is 0 Å². The van der Waals surface area contributed by atoms with Crippen LogP contribution in [-0.4, -0.2) is 49.4 Å². The van der Waals surface area contributed by atoms with Gasteiger partial charge in [0, 0.05) is 36.9 Å². The molecule has 4 heterocycles. The molecule has 0 atom stereocenters. The van der Waals surface area contributed by atoms with Crippen molar-refractivity contribution in [3.8, 4) is 0 Å². The molecule has 0 amide bonds. The molecule has 3 aromatic heterocycles. The normalized spacial score (nSPS) is 15.0. The molecule has 0 unspecified atom stereocenters. The van der Waals surface area contributed by atoms with Gasteiger partial charge in [-0.2, -0.15) is 4.52 Å². The number of anilines is 2. The number of nitrogens with one attached hydrogen (secondary N) is 1. The van der Waals surface area contributed by atoms with Gasteiger partial charge in [-0.1, -0.05) is 0 Å². The van der Waals surface area contributed by atoms with Crippen molar-refractivity contribution in [1.29, 1.82) is 0 Å². The summed E-state index contributed by atoms with van der Waals surface area (Å²) >= 11 is 0. The highest BCUT2D eigenvalue weighted by atomic mass is 15.4. The molecule has 3 aromatic rings. The first-order valence-electron chi connectivity index (χ1n) is 7.65. The highest BCUT2D eigenvalue weighted by molar-refractivity contribution is 5.47. The Hall–Kier alpha value is -2.77. The Labute approximate surface area is 133 Å². The Morgan fingerprint density at radius 2 is 1.96 bits per heavy atom. The van der Waals surface area contributed by atoms with E-state index in [1.54, 1.807) is 10.8 Å². The Kier molecular flexibility index (Phi) is 3.29. The first-order chi connectivity index (χ1) is 11.2. The lowest BCUT2D eigenvalue weighted by Crippen LogP contribution is -2.50. The number of fused-ring (bicyclic) bond motifs is 1. The Balaban J connectivity index is 1.34. The van der Waals surface area contributed by atoms with E-state index in [0.717, 1.165) is 42.5 Å². The van der Waals surface area contributed by atoms with Crippen LogP contribution in [0.1, 0.15) is 11.4 Å². The Bertz CT molecular complexity index is 816. The quantitative estimate of drug-likeness (QED) is 0.772. The molecule has 1 saturated heterocycles. The molecule has 0 aromatic carbocycles. The van der Waals surface area contributed by atoms with Gasteiger partial charge < -0.3 is 10.2 Å². The minimum Gasteiger partial charge on any atom is -0.354 e. The van der Waals surface area contributed by atoms with Crippen LogP contribution in [0.2, 0.25) is 0 Å². The molecule has 0 bridgehead atoms. The van der Waals surface area contributed by atoms with Gasteiger partial charge in [-0.25, -0.2) is 9.97 Å². The van der Waals surface area contributed by atoms with Crippen molar-refractivity contribution in [1.82, 2.24) is 29.8 Å². The van der Waals surface area contributed by atoms with Crippen LogP contribution >= 0.6 is 0 Å². The SMILES string of the molecule is Cc1cc(C)nc(NCC2CN(c3ccc4nncn4n3)C2)n1. The lowest BCUT2D eigenvalue weighted by Gasteiger charge is -2.40. The van der Waals surface area contributed by atoms with Gasteiger partial charge in [0.1, 0.15) is 12.1 Å². The lowest BCUT2D eigenvalue weighted by molar-refractivity contribution is 0.424. The molecule has 1 N–H and O–H groups in total. The number of hydrogen-bond acceptors (Lipinski definition) is 7. The van der Waals surface area contributed by atoms with Gasteiger partial charge in [0.05, 0.1) is 0 Å². The van der Waals surface area contributed by atoms with Crippen LogP contribution in [-0.2, 0) is 0 Å². The van der Waals surface area contributed by atoms with Gasteiger partial charge in [-0.05, 0) is 32.0 Å². The van der Waals surface area contributed by atoms with Crippen LogP contribution in [0.4, 0.5) is 11.8 Å². The Morgan fingerprint density at radius 3 is 2.74 bits per heavy atom. The van der Waals surface area contributed by atoms with Crippen molar-refractivity contribution in [2.24, 2.45) is 5.92 Å². The zero-order valence-corrected chi connectivity index (χ0v) is 13.1. The summed E-state index contributed by atoms with van der Waals surface area (Å²) in [6, 6.07) is 5.90. The van der Waals surface area contributed by atoms with Gasteiger partial charge in [-0.15, -0.1) is 15.3 Å². The summed E-state index contributed by atoms with van der Waals surface area (Å²) in [5, 5.41) is 15.6. The highest BCUT2D eigenvalue weighted by Crippen LogP contribution is 2.22. The fraction of sp³-hybridized carbons (Fsp3) is 0.400. The van der Waals surface area contributed by atoms with Gasteiger partial charge >= 0.3 is 0 Å². The molecule has 8 heteroatoms. The fourth-order valence-electron chi connectivity index (χ4n) is 2.81. The number of aryl methyl sites for hydroxylation is 2. The zero-order chi connectivity index (χ0) is 15.8. The summed E-state index contributed by atoms with van der Waals surface area (Å²) in [7, 11) is 0. The molecule has 0 saturated carbocycles. The summed E-state index contributed by atoms with van der Waals surface area (Å²) in [6.07, 6.45) is 1.62. The molecule has 23 heavy (non-hydrogen) atoms. The van der Waals surface area contributed by atoms with Crippen LogP contribution in [0.15, 0.2) is 24.5 Å². The molecule has 0 radical (unpaired) electrons. The van der Waals surface area contributed by atoms with Gasteiger partial charge in [0.15, 0.2) is 5.65 Å². The minimum absolute atomic E-state index is 0.567. The maximum absolute atomic E-state index is 4.51. The molecule has 1 aliphatic heterocycles. The molecule has 8 nitrogen and oxygen atoms in total. The van der Waals surface area contributed by atoms with E-state index < -0.39 is 0 Å². The summed E-state index contributed by atoms with van der Waals surface area (Å²) in [4.78, 5) is 11.1. The standard InChI is InChI=1S/C15H18N8/c1-10-5-11(2)19-15(18-10)16-6-12-7-22(8-12)14-4-3-13-20-17-9-23(13)21-14/h3-5,9,12H,6-8H2,1-2H3,(H,16,18,19). The largest absolute Gasteiger partial charge is 0.354 e. The van der Waals surface area contributed by atoms with Crippen LogP contribution in [0.25, 0.3) is 5.65 Å². The van der Waals surface area contributed by atoms with Gasteiger partial charge in [0.25, 0.3) is 0 Å². The van der Waals surface area contributed by atoms with Gasteiger partial charge in [0.2, 0.25) is 5.95 Å². The molecule has 0 spiro atoms. The Morgan fingerprint density at radius 1 is 1.17 bits per heavy atom. The number of hydrogen-bond donors (Lipinski definition) is 1. The second-order valence-corrected chi connectivity index (χ2v) is 5.95. The molecular weight excluding hydrogens is 292 g/mol. The van der Waals surface area contributed by atoms with E-state index in [4.69, 9.17) is 0 Å². The number of nitrogens with zero attached hydrogens (tertiary/aromatic N) is 7. The second kappa shape index (κ2) is 5.45. The van der Waals surface area contributed by atoms with E-state index in [1.807, 2.05) is 32.0 Å². The van der Waals surface area contributed by atoms with Crippen LogP contribution in [0.5, 0.6) is 0 Å². The summed E-state index contributed by atoms with van der Waals surface area (Å²) in [5.74, 6) is 2.24. The van der Waals surface area contributed by atoms with Gasteiger partial charge in [-0.3, -0.25) is 0 Å². The minimum atomic E-state index is 0.567. The van der Waals surface area contributed by atoms with Crippen molar-refractivity contribution in [3.05, 3.63) is 35.9 Å². The van der Waals surface area contributed by atoms with E-state index in [2.05, 4.69) is 35.5 Å². The maximum Gasteiger partial charge on any atom is 0.223 e. The summed E-state index contributed by atoms with van der Waals surface area (Å²) in [6.45, 7) is 6.78. The van der Waals surface area contributed by atoms with Crippen LogP contribution in [0, 0.1) is 19.8 Å². The maximum atomic E-state index is 4.51. The molecule has 1 aliphatic rings. The van der Waals surface area contributed by atoms with E-state index in [-0.39, 0.29) is 0 Å². The smallest absolute Gasteiger partial charge is 0.223 e. The van der Waals surface area contributed by atoms with E-state index in [1.165, 1.54) is 0 Å². The first-order valence-corrected chi connectivity index (χ1v) is 7.65. The van der Waals surface area contributed by atoms with Crippen molar-refractivity contribution in [2.45, 2.75) is 13.8 Å². The predicted molar refractivity (Wildman–Crippen MR) is 86.5 cm³/mol. The van der Waals surface area contributed by atoms with Crippen molar-refractivity contribution in [3.63, 3.8) is 0 Å². The first kappa shape index (κ1) is 13.9. The van der Waals surface area contributed by atoms with E-state index in [0.29, 0.717) is 11.9 Å². The second-order valence-electron chi connectivity index (χ2n) is 5.95. The highest BCUT2D eigenvalue weighted by Gasteiger charge is 2.28. The van der Waals surface area contributed by atoms with E-state index >= 15 is 0 Å². The zero-order valence-electron chi connectivity index (χ0n) is 13.1. The summed E-state index contributed by atoms with van der Waals surface area (Å²) in [5.41, 5.74) is 2.74. The van der Waals surface area contributed by atoms with Crippen molar-refractivity contribution in [2.75, 3.05) is 29.9 Å². The molecule has 4 rings (SSSR count). The summed E-state index contributed by atoms with van der Waals surface area (Å²) < 4.78 is 1.70. The molecular formula is C15H18N8. The third kappa shape index (κ3) is 2.79. The van der Waals surface area contributed by atoms with Crippen LogP contribution < -0.4 is 10.2 Å². The van der Waals surface area contributed by atoms with Crippen molar-refractivity contribution < 1.29 is 0 Å². The van der Waals surface area contributed by atoms with E-state index in [9.17, 15) is 0 Å².